The smallest absolute Gasteiger partial charge is 0.323 e. The van der Waals surface area contributed by atoms with Gasteiger partial charge in [0.05, 0.1) is 14.2 Å². The minimum absolute atomic E-state index is 0. The molecule has 0 fully saturated rings. The van der Waals surface area contributed by atoms with E-state index in [1.165, 1.54) is 7.11 Å². The van der Waals surface area contributed by atoms with Crippen molar-refractivity contribution in [2.24, 2.45) is 0 Å². The quantitative estimate of drug-likeness (QED) is 0.828. The number of esters is 1. The molecular weight excluding hydrogens is 342 g/mol. The molecule has 25 heavy (non-hydrogen) atoms. The van der Waals surface area contributed by atoms with E-state index in [0.29, 0.717) is 31.1 Å². The summed E-state index contributed by atoms with van der Waals surface area (Å²) >= 11 is 0. The summed E-state index contributed by atoms with van der Waals surface area (Å²) in [6.07, 6.45) is 0.517. The first-order valence-electron chi connectivity index (χ1n) is 7.89. The van der Waals surface area contributed by atoms with Gasteiger partial charge in [-0.2, -0.15) is 0 Å². The number of ether oxygens (including phenoxy) is 3. The van der Waals surface area contributed by atoms with Gasteiger partial charge >= 0.3 is 5.97 Å². The Balaban J connectivity index is 0.00000225. The molecule has 1 atom stereocenters. The first-order chi connectivity index (χ1) is 11.7. The van der Waals surface area contributed by atoms with Crippen LogP contribution in [0.25, 0.3) is 0 Å². The van der Waals surface area contributed by atoms with Crippen molar-refractivity contribution < 1.29 is 19.0 Å². The Hall–Kier alpha value is -2.24. The third kappa shape index (κ3) is 4.24. The van der Waals surface area contributed by atoms with Gasteiger partial charge in [-0.05, 0) is 17.2 Å². The van der Waals surface area contributed by atoms with E-state index in [2.05, 4.69) is 5.32 Å². The Kier molecular flexibility index (Phi) is 6.67. The van der Waals surface area contributed by atoms with Crippen molar-refractivity contribution in [2.75, 3.05) is 14.2 Å². The lowest BCUT2D eigenvalue weighted by Crippen LogP contribution is -2.42. The first-order valence-corrected chi connectivity index (χ1v) is 7.89. The van der Waals surface area contributed by atoms with Gasteiger partial charge in [-0.3, -0.25) is 4.79 Å². The second-order valence-corrected chi connectivity index (χ2v) is 5.67. The van der Waals surface area contributed by atoms with E-state index >= 15 is 0 Å². The molecule has 0 aromatic heterocycles. The zero-order valence-corrected chi connectivity index (χ0v) is 15.1. The highest BCUT2D eigenvalue weighted by Crippen LogP contribution is 2.36. The maximum absolute atomic E-state index is 11.9. The zero-order chi connectivity index (χ0) is 16.9. The van der Waals surface area contributed by atoms with Crippen LogP contribution in [0.3, 0.4) is 0 Å². The van der Waals surface area contributed by atoms with Crippen molar-refractivity contribution in [2.45, 2.75) is 25.6 Å². The van der Waals surface area contributed by atoms with Crippen molar-refractivity contribution in [1.82, 2.24) is 5.32 Å². The van der Waals surface area contributed by atoms with Gasteiger partial charge < -0.3 is 19.5 Å². The number of benzene rings is 2. The summed E-state index contributed by atoms with van der Waals surface area (Å²) < 4.78 is 16.4. The minimum Gasteiger partial charge on any atom is -0.493 e. The molecular formula is C19H22ClNO4. The summed E-state index contributed by atoms with van der Waals surface area (Å²) in [6, 6.07) is 13.5. The average molecular weight is 364 g/mol. The van der Waals surface area contributed by atoms with Crippen molar-refractivity contribution in [3.05, 3.63) is 59.2 Å². The maximum Gasteiger partial charge on any atom is 0.323 e. The van der Waals surface area contributed by atoms with Gasteiger partial charge in [0.15, 0.2) is 11.5 Å². The zero-order valence-electron chi connectivity index (χ0n) is 14.3. The second-order valence-electron chi connectivity index (χ2n) is 5.67. The lowest BCUT2D eigenvalue weighted by atomic mass is 9.94. The van der Waals surface area contributed by atoms with Crippen LogP contribution in [0.2, 0.25) is 0 Å². The Morgan fingerprint density at radius 3 is 2.60 bits per heavy atom. The highest BCUT2D eigenvalue weighted by molar-refractivity contribution is 5.85. The number of fused-ring (bicyclic) bond motifs is 1. The van der Waals surface area contributed by atoms with E-state index in [4.69, 9.17) is 14.2 Å². The van der Waals surface area contributed by atoms with E-state index in [1.807, 2.05) is 42.5 Å². The Morgan fingerprint density at radius 1 is 1.16 bits per heavy atom. The number of carbonyl (C=O) groups excluding carboxylic acids is 1. The summed E-state index contributed by atoms with van der Waals surface area (Å²) in [5.74, 6) is 1.11. The van der Waals surface area contributed by atoms with Crippen LogP contribution in [0.15, 0.2) is 42.5 Å². The molecule has 0 unspecified atom stereocenters. The van der Waals surface area contributed by atoms with Crippen molar-refractivity contribution in [1.29, 1.82) is 0 Å². The van der Waals surface area contributed by atoms with E-state index in [0.717, 1.165) is 16.7 Å². The van der Waals surface area contributed by atoms with Crippen molar-refractivity contribution in [3.63, 3.8) is 0 Å². The lowest BCUT2D eigenvalue weighted by molar-refractivity contribution is -0.143. The minimum atomic E-state index is -0.367. The van der Waals surface area contributed by atoms with Crippen LogP contribution < -0.4 is 14.8 Å². The molecule has 0 radical (unpaired) electrons. The molecule has 0 saturated carbocycles. The SMILES string of the molecule is COC(=O)[C@@H]1Cc2c(ccc(OC)c2OCc2ccccc2)CN1.Cl. The molecule has 3 rings (SSSR count). The number of hydrogen-bond donors (Lipinski definition) is 1. The van der Waals surface area contributed by atoms with Crippen LogP contribution >= 0.6 is 12.4 Å². The fourth-order valence-corrected chi connectivity index (χ4v) is 2.90. The number of nitrogens with one attached hydrogen (secondary N) is 1. The normalized spacial score (nSPS) is 15.5. The summed E-state index contributed by atoms with van der Waals surface area (Å²) in [6.45, 7) is 1.05. The van der Waals surface area contributed by atoms with E-state index in [9.17, 15) is 4.79 Å². The molecule has 2 aromatic carbocycles. The first kappa shape index (κ1) is 19.1. The largest absolute Gasteiger partial charge is 0.493 e. The predicted octanol–water partition coefficient (Wildman–Crippen LogP) is 2.88. The van der Waals surface area contributed by atoms with Crippen LogP contribution in [0, 0.1) is 0 Å². The number of rotatable bonds is 5. The molecule has 0 amide bonds. The van der Waals surface area contributed by atoms with Gasteiger partial charge in [-0.15, -0.1) is 12.4 Å². The molecule has 134 valence electrons. The van der Waals surface area contributed by atoms with Gasteiger partial charge in [0.2, 0.25) is 0 Å². The van der Waals surface area contributed by atoms with Gasteiger partial charge in [-0.1, -0.05) is 36.4 Å². The topological polar surface area (TPSA) is 56.8 Å². The second kappa shape index (κ2) is 8.74. The van der Waals surface area contributed by atoms with Crippen LogP contribution in [0.4, 0.5) is 0 Å². The molecule has 0 spiro atoms. The highest BCUT2D eigenvalue weighted by atomic mass is 35.5. The third-order valence-corrected chi connectivity index (χ3v) is 4.20. The van der Waals surface area contributed by atoms with E-state index < -0.39 is 0 Å². The highest BCUT2D eigenvalue weighted by Gasteiger charge is 2.28. The molecule has 6 heteroatoms. The molecule has 2 aromatic rings. The van der Waals surface area contributed by atoms with Crippen LogP contribution in [-0.2, 0) is 29.1 Å². The summed E-state index contributed by atoms with van der Waals surface area (Å²) in [7, 11) is 3.02. The van der Waals surface area contributed by atoms with E-state index in [1.54, 1.807) is 7.11 Å². The molecule has 5 nitrogen and oxygen atoms in total. The Labute approximate surface area is 153 Å². The third-order valence-electron chi connectivity index (χ3n) is 4.20. The molecule has 0 bridgehead atoms. The fraction of sp³-hybridized carbons (Fsp3) is 0.316. The maximum atomic E-state index is 11.9. The van der Waals surface area contributed by atoms with Crippen molar-refractivity contribution in [3.8, 4) is 11.5 Å². The van der Waals surface area contributed by atoms with Gasteiger partial charge in [0.25, 0.3) is 0 Å². The standard InChI is InChI=1S/C19H21NO4.ClH/c1-22-17-9-8-14-11-20-16(19(21)23-2)10-15(14)18(17)24-12-13-6-4-3-5-7-13;/h3-9,16,20H,10-12H2,1-2H3;1H/t16-;/m0./s1. The van der Waals surface area contributed by atoms with Gasteiger partial charge in [0, 0.05) is 18.5 Å². The number of methoxy groups -OCH3 is 2. The monoisotopic (exact) mass is 363 g/mol. The Bertz CT molecular complexity index is 721. The lowest BCUT2D eigenvalue weighted by Gasteiger charge is -2.27. The summed E-state index contributed by atoms with van der Waals surface area (Å²) in [5, 5.41) is 3.19. The van der Waals surface area contributed by atoms with Gasteiger partial charge in [0.1, 0.15) is 12.6 Å². The van der Waals surface area contributed by atoms with Gasteiger partial charge in [-0.25, -0.2) is 0 Å². The average Bonchev–Trinajstić information content (AvgIpc) is 2.65. The number of hydrogen-bond acceptors (Lipinski definition) is 5. The number of carbonyl (C=O) groups is 1. The predicted molar refractivity (Wildman–Crippen MR) is 97.4 cm³/mol. The molecule has 1 N–H and O–H groups in total. The van der Waals surface area contributed by atoms with E-state index in [-0.39, 0.29) is 24.4 Å². The fourth-order valence-electron chi connectivity index (χ4n) is 2.90. The molecule has 0 aliphatic carbocycles. The van der Waals surface area contributed by atoms with Crippen molar-refractivity contribution >= 4 is 18.4 Å². The number of halogens is 1. The molecule has 1 heterocycles. The van der Waals surface area contributed by atoms with Crippen LogP contribution in [0.1, 0.15) is 16.7 Å². The molecule has 1 aliphatic rings. The summed E-state index contributed by atoms with van der Waals surface area (Å²) in [4.78, 5) is 11.9. The Morgan fingerprint density at radius 2 is 1.92 bits per heavy atom. The molecule has 0 saturated heterocycles. The summed E-state index contributed by atoms with van der Waals surface area (Å²) in [5.41, 5.74) is 3.19. The van der Waals surface area contributed by atoms with Crippen LogP contribution in [0.5, 0.6) is 11.5 Å². The van der Waals surface area contributed by atoms with Crippen LogP contribution in [-0.4, -0.2) is 26.2 Å². The molecule has 1 aliphatic heterocycles.